The van der Waals surface area contributed by atoms with Crippen molar-refractivity contribution in [2.24, 2.45) is 5.41 Å². The summed E-state index contributed by atoms with van der Waals surface area (Å²) >= 11 is 0. The monoisotopic (exact) mass is 289 g/mol. The zero-order valence-electron chi connectivity index (χ0n) is 13.2. The number of ether oxygens (including phenoxy) is 1. The molecule has 1 atom stereocenters. The van der Waals surface area contributed by atoms with Gasteiger partial charge in [-0.25, -0.2) is 0 Å². The van der Waals surface area contributed by atoms with E-state index < -0.39 is 5.60 Å². The van der Waals surface area contributed by atoms with E-state index in [0.717, 1.165) is 44.5 Å². The fraction of sp³-hybridized carbons (Fsp3) is 0.667. The maximum Gasteiger partial charge on any atom is 0.124 e. The van der Waals surface area contributed by atoms with Crippen molar-refractivity contribution >= 4 is 0 Å². The standard InChI is InChI=1S/C18H27NO2/c1-17(2)8-10-18(20,11-9-17)13-19-15-7-12-21-16-6-4-3-5-14(15)16/h3-6,15,19-20H,7-13H2,1-2H3. The van der Waals surface area contributed by atoms with E-state index in [1.807, 2.05) is 12.1 Å². The van der Waals surface area contributed by atoms with Gasteiger partial charge in [-0.2, -0.15) is 0 Å². The van der Waals surface area contributed by atoms with Crippen LogP contribution in [-0.4, -0.2) is 23.9 Å². The van der Waals surface area contributed by atoms with Gasteiger partial charge in [0.1, 0.15) is 5.75 Å². The maximum atomic E-state index is 10.8. The van der Waals surface area contributed by atoms with E-state index in [4.69, 9.17) is 4.74 Å². The zero-order valence-corrected chi connectivity index (χ0v) is 13.2. The topological polar surface area (TPSA) is 41.5 Å². The Bertz CT molecular complexity index is 488. The Hall–Kier alpha value is -1.06. The summed E-state index contributed by atoms with van der Waals surface area (Å²) in [5.74, 6) is 0.984. The molecule has 1 saturated carbocycles. The van der Waals surface area contributed by atoms with E-state index in [1.165, 1.54) is 5.56 Å². The van der Waals surface area contributed by atoms with E-state index in [2.05, 4.69) is 31.3 Å². The van der Waals surface area contributed by atoms with Crippen molar-refractivity contribution in [3.05, 3.63) is 29.8 Å². The van der Waals surface area contributed by atoms with Crippen LogP contribution < -0.4 is 10.1 Å². The number of hydrogen-bond donors (Lipinski definition) is 2. The lowest BCUT2D eigenvalue weighted by atomic mass is 9.71. The van der Waals surface area contributed by atoms with E-state index in [9.17, 15) is 5.11 Å². The highest BCUT2D eigenvalue weighted by atomic mass is 16.5. The number of fused-ring (bicyclic) bond motifs is 1. The van der Waals surface area contributed by atoms with Crippen LogP contribution in [0.4, 0.5) is 0 Å². The molecular weight excluding hydrogens is 262 g/mol. The number of aliphatic hydroxyl groups is 1. The number of para-hydroxylation sites is 1. The Morgan fingerprint density at radius 1 is 1.19 bits per heavy atom. The van der Waals surface area contributed by atoms with Crippen LogP contribution in [0.5, 0.6) is 5.75 Å². The van der Waals surface area contributed by atoms with Gasteiger partial charge in [-0.3, -0.25) is 0 Å². The Morgan fingerprint density at radius 3 is 2.67 bits per heavy atom. The van der Waals surface area contributed by atoms with Crippen molar-refractivity contribution in [2.45, 2.75) is 57.6 Å². The van der Waals surface area contributed by atoms with E-state index >= 15 is 0 Å². The molecule has 0 radical (unpaired) electrons. The minimum Gasteiger partial charge on any atom is -0.493 e. The SMILES string of the molecule is CC1(C)CCC(O)(CNC2CCOc3ccccc32)CC1. The lowest BCUT2D eigenvalue weighted by molar-refractivity contribution is -0.0268. The molecule has 1 fully saturated rings. The van der Waals surface area contributed by atoms with Crippen molar-refractivity contribution in [3.63, 3.8) is 0 Å². The van der Waals surface area contributed by atoms with Gasteiger partial charge in [-0.05, 0) is 37.2 Å². The average molecular weight is 289 g/mol. The Kier molecular flexibility index (Phi) is 3.98. The summed E-state index contributed by atoms with van der Waals surface area (Å²) in [7, 11) is 0. The second kappa shape index (κ2) is 5.62. The average Bonchev–Trinajstić information content (AvgIpc) is 2.49. The number of benzene rings is 1. The molecule has 1 unspecified atom stereocenters. The van der Waals surface area contributed by atoms with Crippen molar-refractivity contribution in [1.82, 2.24) is 5.32 Å². The van der Waals surface area contributed by atoms with Crippen LogP contribution in [0.3, 0.4) is 0 Å². The molecule has 3 nitrogen and oxygen atoms in total. The first-order valence-electron chi connectivity index (χ1n) is 8.15. The van der Waals surface area contributed by atoms with Gasteiger partial charge in [0.05, 0.1) is 12.2 Å². The molecule has 1 heterocycles. The fourth-order valence-corrected chi connectivity index (χ4v) is 3.44. The fourth-order valence-electron chi connectivity index (χ4n) is 3.44. The molecular formula is C18H27NO2. The molecule has 2 aliphatic rings. The number of rotatable bonds is 3. The van der Waals surface area contributed by atoms with Gasteiger partial charge >= 0.3 is 0 Å². The second-order valence-electron chi connectivity index (χ2n) is 7.50. The molecule has 0 amide bonds. The normalized spacial score (nSPS) is 26.7. The summed E-state index contributed by atoms with van der Waals surface area (Å²) in [6.45, 7) is 6.03. The molecule has 3 heteroatoms. The quantitative estimate of drug-likeness (QED) is 0.895. The summed E-state index contributed by atoms with van der Waals surface area (Å²) in [6.07, 6.45) is 4.99. The zero-order chi connectivity index (χ0) is 14.9. The Balaban J connectivity index is 1.61. The third-order valence-electron chi connectivity index (χ3n) is 5.17. The number of nitrogens with one attached hydrogen (secondary N) is 1. The molecule has 1 aliphatic heterocycles. The third kappa shape index (κ3) is 3.41. The Labute approximate surface area is 127 Å². The first-order valence-corrected chi connectivity index (χ1v) is 8.15. The van der Waals surface area contributed by atoms with Crippen LogP contribution >= 0.6 is 0 Å². The third-order valence-corrected chi connectivity index (χ3v) is 5.17. The molecule has 2 N–H and O–H groups in total. The van der Waals surface area contributed by atoms with Crippen LogP contribution in [0.2, 0.25) is 0 Å². The number of hydrogen-bond acceptors (Lipinski definition) is 3. The molecule has 1 aliphatic carbocycles. The van der Waals surface area contributed by atoms with Crippen LogP contribution in [0.15, 0.2) is 24.3 Å². The van der Waals surface area contributed by atoms with E-state index in [1.54, 1.807) is 0 Å². The predicted molar refractivity (Wildman–Crippen MR) is 84.5 cm³/mol. The van der Waals surface area contributed by atoms with Crippen LogP contribution in [-0.2, 0) is 0 Å². The summed E-state index contributed by atoms with van der Waals surface area (Å²) < 4.78 is 5.70. The predicted octanol–water partition coefficient (Wildman–Crippen LogP) is 3.43. The molecule has 0 bridgehead atoms. The molecule has 3 rings (SSSR count). The minimum atomic E-state index is -0.539. The van der Waals surface area contributed by atoms with E-state index in [-0.39, 0.29) is 0 Å². The second-order valence-corrected chi connectivity index (χ2v) is 7.50. The largest absolute Gasteiger partial charge is 0.493 e. The van der Waals surface area contributed by atoms with Crippen LogP contribution in [0.1, 0.15) is 57.6 Å². The molecule has 116 valence electrons. The van der Waals surface area contributed by atoms with Gasteiger partial charge < -0.3 is 15.2 Å². The van der Waals surface area contributed by atoms with Gasteiger partial charge in [0, 0.05) is 24.6 Å². The van der Waals surface area contributed by atoms with Crippen LogP contribution in [0, 0.1) is 5.41 Å². The van der Waals surface area contributed by atoms with Crippen molar-refractivity contribution in [1.29, 1.82) is 0 Å². The Morgan fingerprint density at radius 2 is 1.90 bits per heavy atom. The van der Waals surface area contributed by atoms with Crippen molar-refractivity contribution in [2.75, 3.05) is 13.2 Å². The highest BCUT2D eigenvalue weighted by molar-refractivity contribution is 5.37. The molecule has 0 aromatic heterocycles. The highest BCUT2D eigenvalue weighted by Crippen LogP contribution is 2.40. The summed E-state index contributed by atoms with van der Waals surface area (Å²) in [4.78, 5) is 0. The first kappa shape index (κ1) is 14.9. The van der Waals surface area contributed by atoms with Crippen LogP contribution in [0.25, 0.3) is 0 Å². The lowest BCUT2D eigenvalue weighted by Crippen LogP contribution is -2.46. The maximum absolute atomic E-state index is 10.8. The van der Waals surface area contributed by atoms with Gasteiger partial charge in [0.2, 0.25) is 0 Å². The minimum absolute atomic E-state index is 0.300. The summed E-state index contributed by atoms with van der Waals surface area (Å²) in [5.41, 5.74) is 1.07. The molecule has 21 heavy (non-hydrogen) atoms. The van der Waals surface area contributed by atoms with Gasteiger partial charge in [-0.15, -0.1) is 0 Å². The lowest BCUT2D eigenvalue weighted by Gasteiger charge is -2.41. The summed E-state index contributed by atoms with van der Waals surface area (Å²) in [5, 5.41) is 14.4. The highest BCUT2D eigenvalue weighted by Gasteiger charge is 2.37. The van der Waals surface area contributed by atoms with Gasteiger partial charge in [0.15, 0.2) is 0 Å². The smallest absolute Gasteiger partial charge is 0.124 e. The van der Waals surface area contributed by atoms with Crippen molar-refractivity contribution in [3.8, 4) is 5.75 Å². The van der Waals surface area contributed by atoms with Gasteiger partial charge in [0.25, 0.3) is 0 Å². The summed E-state index contributed by atoms with van der Waals surface area (Å²) in [6, 6.07) is 8.52. The molecule has 0 spiro atoms. The van der Waals surface area contributed by atoms with E-state index in [0.29, 0.717) is 18.0 Å². The molecule has 1 aromatic carbocycles. The van der Waals surface area contributed by atoms with Gasteiger partial charge in [-0.1, -0.05) is 32.0 Å². The first-order chi connectivity index (χ1) is 9.98. The van der Waals surface area contributed by atoms with Crippen molar-refractivity contribution < 1.29 is 9.84 Å². The molecule has 0 saturated heterocycles. The molecule has 1 aromatic rings.